The van der Waals surface area contributed by atoms with Crippen LogP contribution in [0.2, 0.25) is 5.02 Å². The van der Waals surface area contributed by atoms with Crippen molar-refractivity contribution in [1.82, 2.24) is 9.88 Å². The Morgan fingerprint density at radius 3 is 2.33 bits per heavy atom. The minimum Gasteiger partial charge on any atom is -0.507 e. The highest BCUT2D eigenvalue weighted by Crippen LogP contribution is 2.44. The van der Waals surface area contributed by atoms with Crippen molar-refractivity contribution in [2.75, 3.05) is 27.9 Å². The number of aliphatic hydroxyl groups is 1. The number of ether oxygens (including phenoxy) is 3. The number of carbonyl (C=O) groups excluding carboxylic acids is 2. The molecular weight excluding hydrogens is 520 g/mol. The van der Waals surface area contributed by atoms with Gasteiger partial charge in [-0.1, -0.05) is 11.6 Å². The summed E-state index contributed by atoms with van der Waals surface area (Å²) >= 11 is 6.03. The number of ketones is 1. The number of hydrogen-bond donors (Lipinski definition) is 2. The van der Waals surface area contributed by atoms with Crippen LogP contribution >= 0.6 is 11.6 Å². The van der Waals surface area contributed by atoms with Crippen LogP contribution in [0.3, 0.4) is 0 Å². The fourth-order valence-electron chi connectivity index (χ4n) is 4.97. The van der Waals surface area contributed by atoms with Crippen LogP contribution in [0.25, 0.3) is 16.7 Å². The molecular formula is C30H27ClN2O6. The van der Waals surface area contributed by atoms with Gasteiger partial charge in [0.15, 0.2) is 0 Å². The second kappa shape index (κ2) is 10.7. The van der Waals surface area contributed by atoms with Gasteiger partial charge in [-0.2, -0.15) is 0 Å². The maximum Gasteiger partial charge on any atom is 0.295 e. The average Bonchev–Trinajstić information content (AvgIpc) is 3.48. The second-order valence-electron chi connectivity index (χ2n) is 9.08. The van der Waals surface area contributed by atoms with E-state index in [1.54, 1.807) is 49.6 Å². The molecule has 200 valence electrons. The normalized spacial score (nSPS) is 16.6. The zero-order chi connectivity index (χ0) is 27.7. The average molecular weight is 547 g/mol. The third-order valence-corrected chi connectivity index (χ3v) is 7.24. The van der Waals surface area contributed by atoms with E-state index in [4.69, 9.17) is 25.8 Å². The molecule has 8 nitrogen and oxygen atoms in total. The van der Waals surface area contributed by atoms with Gasteiger partial charge in [-0.15, -0.1) is 0 Å². The smallest absolute Gasteiger partial charge is 0.295 e. The van der Waals surface area contributed by atoms with Gasteiger partial charge in [-0.25, -0.2) is 0 Å². The summed E-state index contributed by atoms with van der Waals surface area (Å²) in [5.74, 6) is -0.0678. The lowest BCUT2D eigenvalue weighted by atomic mass is 9.94. The molecule has 0 unspecified atom stereocenters. The molecule has 0 spiro atoms. The van der Waals surface area contributed by atoms with Crippen molar-refractivity contribution in [3.05, 3.63) is 94.1 Å². The van der Waals surface area contributed by atoms with E-state index in [1.165, 1.54) is 19.1 Å². The number of rotatable bonds is 8. The summed E-state index contributed by atoms with van der Waals surface area (Å²) in [4.78, 5) is 31.6. The van der Waals surface area contributed by atoms with E-state index in [2.05, 4.69) is 4.98 Å². The SMILES string of the molecule is COc1ccc([C@H]2C(=C(O)c3ccc(Cl)cc3)C(=O)C(=O)N2CCc2c[nH]c3ccc(OC)cc23)c(OC)c1. The first-order chi connectivity index (χ1) is 18.9. The number of aromatic amines is 1. The van der Waals surface area contributed by atoms with Crippen molar-refractivity contribution in [3.63, 3.8) is 0 Å². The number of aliphatic hydroxyl groups excluding tert-OH is 1. The highest BCUT2D eigenvalue weighted by molar-refractivity contribution is 6.46. The molecule has 2 heterocycles. The Hall–Kier alpha value is -4.43. The van der Waals surface area contributed by atoms with Gasteiger partial charge in [-0.3, -0.25) is 9.59 Å². The fraction of sp³-hybridized carbons (Fsp3) is 0.200. The van der Waals surface area contributed by atoms with Crippen LogP contribution in [0.4, 0.5) is 0 Å². The zero-order valence-electron chi connectivity index (χ0n) is 21.7. The van der Waals surface area contributed by atoms with Gasteiger partial charge in [0.05, 0.1) is 32.9 Å². The number of methoxy groups -OCH3 is 3. The van der Waals surface area contributed by atoms with Gasteiger partial charge in [0, 0.05) is 45.9 Å². The van der Waals surface area contributed by atoms with Crippen LogP contribution in [0.1, 0.15) is 22.7 Å². The molecule has 0 bridgehead atoms. The molecule has 9 heteroatoms. The van der Waals surface area contributed by atoms with Crippen LogP contribution in [0, 0.1) is 0 Å². The predicted molar refractivity (Wildman–Crippen MR) is 149 cm³/mol. The van der Waals surface area contributed by atoms with Crippen molar-refractivity contribution in [2.45, 2.75) is 12.5 Å². The van der Waals surface area contributed by atoms with Crippen molar-refractivity contribution in [3.8, 4) is 17.2 Å². The van der Waals surface area contributed by atoms with Crippen LogP contribution in [-0.4, -0.2) is 54.6 Å². The van der Waals surface area contributed by atoms with Gasteiger partial charge in [-0.05, 0) is 66.6 Å². The van der Waals surface area contributed by atoms with E-state index in [0.29, 0.717) is 34.1 Å². The largest absolute Gasteiger partial charge is 0.507 e. The quantitative estimate of drug-likeness (QED) is 0.172. The van der Waals surface area contributed by atoms with Gasteiger partial charge >= 0.3 is 0 Å². The Bertz CT molecular complexity index is 1590. The first kappa shape index (κ1) is 26.2. The lowest BCUT2D eigenvalue weighted by Gasteiger charge is -2.27. The summed E-state index contributed by atoms with van der Waals surface area (Å²) < 4.78 is 16.3. The number of fused-ring (bicyclic) bond motifs is 1. The number of halogens is 1. The molecule has 39 heavy (non-hydrogen) atoms. The number of H-pyrrole nitrogens is 1. The number of hydrogen-bond acceptors (Lipinski definition) is 6. The second-order valence-corrected chi connectivity index (χ2v) is 9.52. The Labute approximate surface area is 230 Å². The maximum absolute atomic E-state index is 13.5. The first-order valence-electron chi connectivity index (χ1n) is 12.3. The van der Waals surface area contributed by atoms with Crippen molar-refractivity contribution >= 4 is 40.0 Å². The fourth-order valence-corrected chi connectivity index (χ4v) is 5.10. The molecule has 4 aromatic rings. The molecule has 1 fully saturated rings. The summed E-state index contributed by atoms with van der Waals surface area (Å²) in [6.07, 6.45) is 2.34. The predicted octanol–water partition coefficient (Wildman–Crippen LogP) is 5.51. The Balaban J connectivity index is 1.60. The van der Waals surface area contributed by atoms with E-state index in [9.17, 15) is 14.7 Å². The summed E-state index contributed by atoms with van der Waals surface area (Å²) in [6, 6.07) is 16.4. The number of likely N-dealkylation sites (tertiary alicyclic amines) is 1. The van der Waals surface area contributed by atoms with E-state index in [1.807, 2.05) is 24.4 Å². The molecule has 3 aromatic carbocycles. The Morgan fingerprint density at radius 1 is 0.949 bits per heavy atom. The molecule has 5 rings (SSSR count). The summed E-state index contributed by atoms with van der Waals surface area (Å²) in [5.41, 5.74) is 2.80. The molecule has 0 saturated carbocycles. The summed E-state index contributed by atoms with van der Waals surface area (Å²) in [6.45, 7) is 0.214. The minimum absolute atomic E-state index is 0.0219. The van der Waals surface area contributed by atoms with E-state index in [-0.39, 0.29) is 17.9 Å². The Morgan fingerprint density at radius 2 is 1.64 bits per heavy atom. The maximum atomic E-state index is 13.5. The summed E-state index contributed by atoms with van der Waals surface area (Å²) in [5, 5.41) is 12.8. The number of benzene rings is 3. The van der Waals surface area contributed by atoms with E-state index < -0.39 is 17.7 Å². The number of nitrogens with one attached hydrogen (secondary N) is 1. The number of aromatic nitrogens is 1. The van der Waals surface area contributed by atoms with E-state index in [0.717, 1.165) is 22.2 Å². The monoisotopic (exact) mass is 546 g/mol. The van der Waals surface area contributed by atoms with Gasteiger partial charge < -0.3 is 29.2 Å². The number of nitrogens with zero attached hydrogens (tertiary/aromatic N) is 1. The van der Waals surface area contributed by atoms with Crippen molar-refractivity contribution in [2.24, 2.45) is 0 Å². The lowest BCUT2D eigenvalue weighted by molar-refractivity contribution is -0.139. The van der Waals surface area contributed by atoms with Gasteiger partial charge in [0.2, 0.25) is 0 Å². The van der Waals surface area contributed by atoms with Gasteiger partial charge in [0.25, 0.3) is 11.7 Å². The van der Waals surface area contributed by atoms with Gasteiger partial charge in [0.1, 0.15) is 23.0 Å². The van der Waals surface area contributed by atoms with Crippen LogP contribution in [0.15, 0.2) is 72.4 Å². The Kier molecular flexibility index (Phi) is 7.21. The van der Waals surface area contributed by atoms with Crippen molar-refractivity contribution < 1.29 is 28.9 Å². The number of amides is 1. The molecule has 1 aliphatic heterocycles. The first-order valence-corrected chi connectivity index (χ1v) is 12.6. The molecule has 1 atom stereocenters. The molecule has 1 aliphatic rings. The van der Waals surface area contributed by atoms with Crippen LogP contribution < -0.4 is 14.2 Å². The number of Topliss-reactive ketones (excluding diaryl/α,β-unsaturated/α-hetero) is 1. The molecule has 1 aromatic heterocycles. The third kappa shape index (κ3) is 4.79. The van der Waals surface area contributed by atoms with Crippen molar-refractivity contribution in [1.29, 1.82) is 0 Å². The number of carbonyl (C=O) groups is 2. The molecule has 2 N–H and O–H groups in total. The molecule has 1 saturated heterocycles. The minimum atomic E-state index is -0.888. The summed E-state index contributed by atoms with van der Waals surface area (Å²) in [7, 11) is 4.65. The highest BCUT2D eigenvalue weighted by Gasteiger charge is 2.47. The van der Waals surface area contributed by atoms with Crippen LogP contribution in [-0.2, 0) is 16.0 Å². The third-order valence-electron chi connectivity index (χ3n) is 6.99. The highest BCUT2D eigenvalue weighted by atomic mass is 35.5. The van der Waals surface area contributed by atoms with E-state index >= 15 is 0 Å². The zero-order valence-corrected chi connectivity index (χ0v) is 22.4. The lowest BCUT2D eigenvalue weighted by Crippen LogP contribution is -2.31. The molecule has 0 aliphatic carbocycles. The standard InChI is InChI=1S/C30H27ClN2O6/c1-37-20-9-11-24-23(14-20)18(16-32-24)12-13-33-27(22-10-8-21(38-2)15-25(22)39-3)26(29(35)30(33)36)28(34)17-4-6-19(31)7-5-17/h4-11,14-16,27,32,34H,12-13H2,1-3H3/t27-/m0/s1. The molecule has 0 radical (unpaired) electrons. The van der Waals surface area contributed by atoms with Crippen LogP contribution in [0.5, 0.6) is 17.2 Å². The molecule has 1 amide bonds. The topological polar surface area (TPSA) is 101 Å².